The Balaban J connectivity index is 0.000001000. The first kappa shape index (κ1) is 12.0. The van der Waals surface area contributed by atoms with Gasteiger partial charge in [0.05, 0.1) is 8.95 Å². The first-order chi connectivity index (χ1) is 4.61. The summed E-state index contributed by atoms with van der Waals surface area (Å²) in [6.45, 7) is 0. The molecule has 0 spiro atoms. The monoisotopic (exact) mass is 391 g/mol. The SMILES string of the molecule is Oc1c(Br)cc(Br)cc1Br.[Cu]. The second-order valence-electron chi connectivity index (χ2n) is 1.72. The fourth-order valence-corrected chi connectivity index (χ4v) is 2.79. The van der Waals surface area contributed by atoms with E-state index in [1.54, 1.807) is 12.1 Å². The Labute approximate surface area is 100 Å². The molecule has 0 atom stereocenters. The summed E-state index contributed by atoms with van der Waals surface area (Å²) >= 11 is 9.65. The molecule has 0 saturated carbocycles. The Hall–Kier alpha value is 0.979. The molecule has 0 aromatic heterocycles. The quantitative estimate of drug-likeness (QED) is 0.666. The van der Waals surface area contributed by atoms with Crippen LogP contribution < -0.4 is 0 Å². The van der Waals surface area contributed by atoms with Gasteiger partial charge in [0.25, 0.3) is 0 Å². The van der Waals surface area contributed by atoms with Gasteiger partial charge in [-0.2, -0.15) is 0 Å². The molecule has 0 amide bonds. The Morgan fingerprint density at radius 1 is 1.00 bits per heavy atom. The average molecular weight is 394 g/mol. The van der Waals surface area contributed by atoms with E-state index in [1.165, 1.54) is 0 Å². The van der Waals surface area contributed by atoms with Crippen LogP contribution in [0, 0.1) is 0 Å². The summed E-state index contributed by atoms with van der Waals surface area (Å²) in [5.41, 5.74) is 0. The zero-order valence-electron chi connectivity index (χ0n) is 5.04. The van der Waals surface area contributed by atoms with Gasteiger partial charge < -0.3 is 5.11 Å². The Bertz CT molecular complexity index is 241. The van der Waals surface area contributed by atoms with E-state index in [9.17, 15) is 5.11 Å². The zero-order valence-corrected chi connectivity index (χ0v) is 10.7. The Morgan fingerprint density at radius 3 is 1.73 bits per heavy atom. The topological polar surface area (TPSA) is 20.2 Å². The molecule has 0 aliphatic heterocycles. The molecule has 65 valence electrons. The summed E-state index contributed by atoms with van der Waals surface area (Å²) in [5.74, 6) is 0.225. The van der Waals surface area contributed by atoms with Crippen molar-refractivity contribution < 1.29 is 22.2 Å². The molecule has 1 N–H and O–H groups in total. The van der Waals surface area contributed by atoms with Crippen LogP contribution in [0.5, 0.6) is 5.75 Å². The van der Waals surface area contributed by atoms with Crippen LogP contribution in [0.25, 0.3) is 0 Å². The number of aromatic hydroxyl groups is 1. The maximum atomic E-state index is 9.22. The predicted molar refractivity (Wildman–Crippen MR) is 51.2 cm³/mol. The van der Waals surface area contributed by atoms with E-state index in [0.717, 1.165) is 4.47 Å². The molecule has 5 heteroatoms. The Morgan fingerprint density at radius 2 is 1.36 bits per heavy atom. The number of benzene rings is 1. The molecule has 0 aliphatic carbocycles. The summed E-state index contributed by atoms with van der Waals surface area (Å²) in [5, 5.41) is 9.22. The molecule has 1 radical (unpaired) electrons. The number of rotatable bonds is 0. The number of phenols is 1. The molecule has 0 saturated heterocycles. The van der Waals surface area contributed by atoms with Crippen LogP contribution in [0.1, 0.15) is 0 Å². The molecular formula is C6H3Br3CuO. The largest absolute Gasteiger partial charge is 0.506 e. The molecule has 1 rings (SSSR count). The van der Waals surface area contributed by atoms with Crippen molar-refractivity contribution >= 4 is 47.8 Å². The van der Waals surface area contributed by atoms with Gasteiger partial charge >= 0.3 is 0 Å². The second kappa shape index (κ2) is 4.87. The van der Waals surface area contributed by atoms with Crippen LogP contribution in [0.2, 0.25) is 0 Å². The summed E-state index contributed by atoms with van der Waals surface area (Å²) in [6.07, 6.45) is 0. The predicted octanol–water partition coefficient (Wildman–Crippen LogP) is 3.68. The van der Waals surface area contributed by atoms with Gasteiger partial charge in [0, 0.05) is 21.5 Å². The van der Waals surface area contributed by atoms with Gasteiger partial charge in [-0.05, 0) is 44.0 Å². The molecule has 0 aliphatic rings. The minimum atomic E-state index is 0. The van der Waals surface area contributed by atoms with Crippen molar-refractivity contribution in [2.24, 2.45) is 0 Å². The van der Waals surface area contributed by atoms with Crippen molar-refractivity contribution in [3.05, 3.63) is 25.6 Å². The summed E-state index contributed by atoms with van der Waals surface area (Å²) < 4.78 is 2.27. The van der Waals surface area contributed by atoms with Gasteiger partial charge in [0.15, 0.2) is 0 Å². The minimum absolute atomic E-state index is 0. The third kappa shape index (κ3) is 3.07. The third-order valence-electron chi connectivity index (χ3n) is 0.982. The van der Waals surface area contributed by atoms with E-state index < -0.39 is 0 Å². The number of halogens is 3. The van der Waals surface area contributed by atoms with E-state index in [-0.39, 0.29) is 22.8 Å². The van der Waals surface area contributed by atoms with Gasteiger partial charge in [-0.15, -0.1) is 0 Å². The van der Waals surface area contributed by atoms with E-state index in [1.807, 2.05) is 0 Å². The van der Waals surface area contributed by atoms with Crippen LogP contribution >= 0.6 is 47.8 Å². The van der Waals surface area contributed by atoms with Gasteiger partial charge in [-0.1, -0.05) is 15.9 Å². The van der Waals surface area contributed by atoms with Gasteiger partial charge in [0.2, 0.25) is 0 Å². The maximum absolute atomic E-state index is 9.22. The summed E-state index contributed by atoms with van der Waals surface area (Å²) in [6, 6.07) is 3.56. The maximum Gasteiger partial charge on any atom is 0.144 e. The van der Waals surface area contributed by atoms with Crippen LogP contribution in [0.15, 0.2) is 25.6 Å². The van der Waals surface area contributed by atoms with Crippen molar-refractivity contribution in [2.75, 3.05) is 0 Å². The molecule has 0 bridgehead atoms. The van der Waals surface area contributed by atoms with Crippen molar-refractivity contribution in [2.45, 2.75) is 0 Å². The van der Waals surface area contributed by atoms with Gasteiger partial charge in [0.1, 0.15) is 5.75 Å². The standard InChI is InChI=1S/C6H3Br3O.Cu/c7-3-1-4(8)6(10)5(9)2-3;/h1-2,10H;. The minimum Gasteiger partial charge on any atom is -0.506 e. The number of phenolic OH excluding ortho intramolecular Hbond substituents is 1. The van der Waals surface area contributed by atoms with Gasteiger partial charge in [-0.25, -0.2) is 0 Å². The van der Waals surface area contributed by atoms with Crippen LogP contribution in [-0.2, 0) is 17.1 Å². The molecule has 0 fully saturated rings. The number of hydrogen-bond acceptors (Lipinski definition) is 1. The fourth-order valence-electron chi connectivity index (χ4n) is 0.535. The van der Waals surface area contributed by atoms with E-state index in [0.29, 0.717) is 8.95 Å². The third-order valence-corrected chi connectivity index (χ3v) is 2.65. The van der Waals surface area contributed by atoms with Crippen molar-refractivity contribution in [1.29, 1.82) is 0 Å². The molecule has 1 aromatic rings. The van der Waals surface area contributed by atoms with Gasteiger partial charge in [-0.3, -0.25) is 0 Å². The molecule has 1 nitrogen and oxygen atoms in total. The van der Waals surface area contributed by atoms with Crippen LogP contribution in [-0.4, -0.2) is 5.11 Å². The molecule has 0 heterocycles. The molecular weight excluding hydrogens is 391 g/mol. The zero-order chi connectivity index (χ0) is 7.72. The van der Waals surface area contributed by atoms with Crippen molar-refractivity contribution in [3.8, 4) is 5.75 Å². The first-order valence-corrected chi connectivity index (χ1v) is 4.82. The van der Waals surface area contributed by atoms with E-state index in [4.69, 9.17) is 0 Å². The summed E-state index contributed by atoms with van der Waals surface area (Å²) in [7, 11) is 0. The normalized spacial score (nSPS) is 9.00. The van der Waals surface area contributed by atoms with Crippen molar-refractivity contribution in [1.82, 2.24) is 0 Å². The van der Waals surface area contributed by atoms with E-state index >= 15 is 0 Å². The first-order valence-electron chi connectivity index (χ1n) is 2.45. The van der Waals surface area contributed by atoms with Crippen LogP contribution in [0.4, 0.5) is 0 Å². The fraction of sp³-hybridized carbons (Fsp3) is 0. The Kier molecular flexibility index (Phi) is 5.31. The number of hydrogen-bond donors (Lipinski definition) is 1. The molecule has 0 unspecified atom stereocenters. The summed E-state index contributed by atoms with van der Waals surface area (Å²) in [4.78, 5) is 0. The van der Waals surface area contributed by atoms with E-state index in [2.05, 4.69) is 47.8 Å². The second-order valence-corrected chi connectivity index (χ2v) is 4.34. The van der Waals surface area contributed by atoms with Crippen LogP contribution in [0.3, 0.4) is 0 Å². The molecule has 11 heavy (non-hydrogen) atoms. The average Bonchev–Trinajstić information content (AvgIpc) is 1.82. The smallest absolute Gasteiger partial charge is 0.144 e. The van der Waals surface area contributed by atoms with Crippen molar-refractivity contribution in [3.63, 3.8) is 0 Å². The molecule has 1 aromatic carbocycles.